The van der Waals surface area contributed by atoms with E-state index in [1.165, 1.54) is 14.2 Å². The molecular weight excluding hydrogens is 688 g/mol. The van der Waals surface area contributed by atoms with E-state index in [-0.39, 0.29) is 29.7 Å². The van der Waals surface area contributed by atoms with Gasteiger partial charge in [0.05, 0.1) is 50.1 Å². The Balaban J connectivity index is 1.19. The Bertz CT molecular complexity index is 1990. The van der Waals surface area contributed by atoms with Gasteiger partial charge in [0.1, 0.15) is 23.7 Å². The lowest BCUT2D eigenvalue weighted by atomic mass is 10.0. The van der Waals surface area contributed by atoms with Crippen molar-refractivity contribution in [1.29, 1.82) is 0 Å². The number of hydrogen-bond acceptors (Lipinski definition) is 8. The molecule has 4 amide bonds. The average Bonchev–Trinajstić information content (AvgIpc) is 3.96. The van der Waals surface area contributed by atoms with Crippen molar-refractivity contribution in [3.8, 4) is 34.4 Å². The van der Waals surface area contributed by atoms with Crippen LogP contribution in [0, 0.1) is 23.7 Å². The van der Waals surface area contributed by atoms with Crippen LogP contribution in [0.1, 0.15) is 82.3 Å². The number of imidazole rings is 2. The van der Waals surface area contributed by atoms with Crippen LogP contribution in [0.2, 0.25) is 0 Å². The van der Waals surface area contributed by atoms with Gasteiger partial charge in [-0.2, -0.15) is 0 Å². The number of amides is 4. The van der Waals surface area contributed by atoms with Crippen LogP contribution >= 0.6 is 0 Å². The molecule has 284 valence electrons. The van der Waals surface area contributed by atoms with Crippen molar-refractivity contribution in [3.63, 3.8) is 0 Å². The number of nitrogens with one attached hydrogen (secondary N) is 5. The summed E-state index contributed by atoms with van der Waals surface area (Å²) in [6.45, 7) is 9.87. The van der Waals surface area contributed by atoms with E-state index in [0.717, 1.165) is 46.5 Å². The first kappa shape index (κ1) is 39.1. The topological polar surface area (TPSA) is 183 Å². The maximum absolute atomic E-state index is 13.5. The van der Waals surface area contributed by atoms with Crippen LogP contribution in [0.4, 0.5) is 9.59 Å². The van der Waals surface area contributed by atoms with Crippen LogP contribution in [0.3, 0.4) is 0 Å². The summed E-state index contributed by atoms with van der Waals surface area (Å²) in [4.78, 5) is 67.5. The number of methoxy groups -OCH3 is 2. The molecule has 0 saturated carbocycles. The molecule has 5 N–H and O–H groups in total. The van der Waals surface area contributed by atoms with Gasteiger partial charge < -0.3 is 40.3 Å². The maximum Gasteiger partial charge on any atom is 0.407 e. The first-order valence-corrected chi connectivity index (χ1v) is 18.0. The quantitative estimate of drug-likeness (QED) is 0.126. The molecule has 5 rings (SSSR count). The molecule has 0 aliphatic carbocycles. The Labute approximate surface area is 315 Å². The molecule has 0 bridgehead atoms. The molecule has 54 heavy (non-hydrogen) atoms. The molecule has 1 aliphatic heterocycles. The zero-order chi connectivity index (χ0) is 38.9. The third-order valence-electron chi connectivity index (χ3n) is 9.35. The van der Waals surface area contributed by atoms with Gasteiger partial charge in [0, 0.05) is 17.7 Å². The summed E-state index contributed by atoms with van der Waals surface area (Å²) in [5.41, 5.74) is 5.18. The molecule has 0 spiro atoms. The van der Waals surface area contributed by atoms with Crippen LogP contribution < -0.4 is 16.0 Å². The number of carbonyl (C=O) groups is 4. The third-order valence-corrected chi connectivity index (χ3v) is 9.35. The molecule has 1 aliphatic rings. The predicted molar refractivity (Wildman–Crippen MR) is 203 cm³/mol. The summed E-state index contributed by atoms with van der Waals surface area (Å²) < 4.78 is 9.39. The Morgan fingerprint density at radius 1 is 0.741 bits per heavy atom. The fourth-order valence-corrected chi connectivity index (χ4v) is 6.25. The number of aromatic amines is 2. The van der Waals surface area contributed by atoms with Crippen molar-refractivity contribution in [2.45, 2.75) is 71.6 Å². The minimum atomic E-state index is -0.748. The van der Waals surface area contributed by atoms with E-state index in [4.69, 9.17) is 4.74 Å². The molecule has 4 aromatic rings. The predicted octanol–water partition coefficient (Wildman–Crippen LogP) is 5.47. The lowest BCUT2D eigenvalue weighted by Crippen LogP contribution is -2.51. The first-order valence-electron chi connectivity index (χ1n) is 18.0. The normalized spacial score (nSPS) is 15.5. The molecule has 1 fully saturated rings. The monoisotopic (exact) mass is 736 g/mol. The summed E-state index contributed by atoms with van der Waals surface area (Å²) in [6.07, 6.45) is 3.81. The zero-order valence-corrected chi connectivity index (χ0v) is 31.7. The van der Waals surface area contributed by atoms with Gasteiger partial charge in [-0.3, -0.25) is 9.59 Å². The second-order valence-electron chi connectivity index (χ2n) is 13.9. The lowest BCUT2D eigenvalue weighted by molar-refractivity contribution is -0.135. The van der Waals surface area contributed by atoms with Gasteiger partial charge in [-0.15, -0.1) is 0 Å². The van der Waals surface area contributed by atoms with Crippen LogP contribution in [-0.4, -0.2) is 81.7 Å². The zero-order valence-electron chi connectivity index (χ0n) is 31.7. The fourth-order valence-electron chi connectivity index (χ4n) is 6.25. The van der Waals surface area contributed by atoms with Gasteiger partial charge in [0.25, 0.3) is 0 Å². The van der Waals surface area contributed by atoms with E-state index in [1.54, 1.807) is 17.3 Å². The molecular formula is C40H48N8O6. The Hall–Kier alpha value is -6.10. The number of ether oxygens (including phenoxy) is 2. The highest BCUT2D eigenvalue weighted by Gasteiger charge is 2.37. The summed E-state index contributed by atoms with van der Waals surface area (Å²) in [5.74, 6) is 7.00. The number of likely N-dealkylation sites (tertiary alicyclic amines) is 1. The number of alkyl carbamates (subject to hydrolysis) is 2. The second-order valence-corrected chi connectivity index (χ2v) is 13.9. The number of nitrogens with zero attached hydrogens (tertiary/aromatic N) is 3. The Morgan fingerprint density at radius 3 is 1.80 bits per heavy atom. The van der Waals surface area contributed by atoms with Crippen molar-refractivity contribution in [2.75, 3.05) is 20.8 Å². The van der Waals surface area contributed by atoms with Gasteiger partial charge in [-0.1, -0.05) is 63.8 Å². The third kappa shape index (κ3) is 9.46. The minimum absolute atomic E-state index is 0.108. The van der Waals surface area contributed by atoms with Gasteiger partial charge in [0.15, 0.2) is 0 Å². The standard InChI is InChI=1S/C40H48N8O6/c1-23(2)33(46-39(51)53-6)37(49)43-25(5)35-41-21-30(44-35)28-16-12-26(13-17-28)10-11-27-14-18-29(19-15-27)31-22-42-36(45-31)32-9-8-20-48(32)38(50)34(24(3)4)47-40(52)54-7/h12-19,21-25,32-34H,8-9,20H2,1-7H3,(H,41,44)(H,42,45)(H,43,49)(H,46,51)(H,47,52)/t25-,32-,33+,34+/m0/s1. The summed E-state index contributed by atoms with van der Waals surface area (Å²) in [7, 11) is 2.54. The Kier molecular flexibility index (Phi) is 12.8. The highest BCUT2D eigenvalue weighted by molar-refractivity contribution is 5.87. The van der Waals surface area contributed by atoms with Crippen LogP contribution in [0.15, 0.2) is 60.9 Å². The van der Waals surface area contributed by atoms with E-state index in [9.17, 15) is 19.2 Å². The van der Waals surface area contributed by atoms with Crippen LogP contribution in [0.5, 0.6) is 0 Å². The SMILES string of the molecule is COC(=O)N[C@@H](C(=O)N[C@@H](C)c1ncc(-c2ccc(C#Cc3ccc(-c4cnc([C@@H]5CCCN5C(=O)[C@H](NC(=O)OC)C(C)C)[nH]4)cc3)cc2)[nH]1)C(C)C. The molecule has 0 unspecified atom stereocenters. The van der Waals surface area contributed by atoms with Crippen LogP contribution in [0.25, 0.3) is 22.5 Å². The minimum Gasteiger partial charge on any atom is -0.453 e. The van der Waals surface area contributed by atoms with Gasteiger partial charge in [-0.05, 0) is 67.0 Å². The molecule has 1 saturated heterocycles. The molecule has 4 atom stereocenters. The number of carbonyl (C=O) groups excluding carboxylic acids is 4. The molecule has 2 aromatic carbocycles. The fraction of sp³-hybridized carbons (Fsp3) is 0.400. The largest absolute Gasteiger partial charge is 0.453 e. The number of rotatable bonds is 11. The molecule has 2 aromatic heterocycles. The van der Waals surface area contributed by atoms with Gasteiger partial charge in [0.2, 0.25) is 11.8 Å². The molecule has 14 nitrogen and oxygen atoms in total. The summed E-state index contributed by atoms with van der Waals surface area (Å²) >= 11 is 0. The van der Waals surface area contributed by atoms with Gasteiger partial charge in [-0.25, -0.2) is 19.6 Å². The van der Waals surface area contributed by atoms with E-state index in [1.807, 2.05) is 83.1 Å². The van der Waals surface area contributed by atoms with Crippen LogP contribution in [-0.2, 0) is 19.1 Å². The van der Waals surface area contributed by atoms with Gasteiger partial charge >= 0.3 is 12.2 Å². The second kappa shape index (κ2) is 17.6. The summed E-state index contributed by atoms with van der Waals surface area (Å²) in [6, 6.07) is 13.6. The van der Waals surface area contributed by atoms with Crippen molar-refractivity contribution in [2.24, 2.45) is 11.8 Å². The smallest absolute Gasteiger partial charge is 0.407 e. The highest BCUT2D eigenvalue weighted by Crippen LogP contribution is 2.33. The van der Waals surface area contributed by atoms with E-state index >= 15 is 0 Å². The summed E-state index contributed by atoms with van der Waals surface area (Å²) in [5, 5.41) is 8.16. The van der Waals surface area contributed by atoms with E-state index < -0.39 is 30.3 Å². The molecule has 0 radical (unpaired) electrons. The Morgan fingerprint density at radius 2 is 1.26 bits per heavy atom. The van der Waals surface area contributed by atoms with Crippen molar-refractivity contribution in [1.82, 2.24) is 40.8 Å². The van der Waals surface area contributed by atoms with E-state index in [0.29, 0.717) is 18.2 Å². The molecule has 14 heteroatoms. The van der Waals surface area contributed by atoms with Crippen molar-refractivity contribution >= 4 is 24.0 Å². The highest BCUT2D eigenvalue weighted by atomic mass is 16.5. The number of aromatic nitrogens is 4. The number of benzene rings is 2. The van der Waals surface area contributed by atoms with Crippen molar-refractivity contribution in [3.05, 3.63) is 83.7 Å². The van der Waals surface area contributed by atoms with Crippen molar-refractivity contribution < 1.29 is 28.7 Å². The maximum atomic E-state index is 13.5. The number of H-pyrrole nitrogens is 2. The lowest BCUT2D eigenvalue weighted by Gasteiger charge is -2.30. The number of hydrogen-bond donors (Lipinski definition) is 5. The average molecular weight is 737 g/mol. The first-order chi connectivity index (χ1) is 25.9. The van der Waals surface area contributed by atoms with E-state index in [2.05, 4.69) is 52.5 Å². The molecule has 3 heterocycles.